The first-order valence-corrected chi connectivity index (χ1v) is 8.75. The summed E-state index contributed by atoms with van der Waals surface area (Å²) in [4.78, 5) is 11.7. The van der Waals surface area contributed by atoms with E-state index in [-0.39, 0.29) is 19.2 Å². The number of carbonyl (C=O) groups is 1. The van der Waals surface area contributed by atoms with Gasteiger partial charge in [-0.25, -0.2) is 13.2 Å². The van der Waals surface area contributed by atoms with Crippen molar-refractivity contribution in [3.63, 3.8) is 0 Å². The van der Waals surface area contributed by atoms with Crippen LogP contribution >= 0.6 is 0 Å². The normalized spacial score (nSPS) is 19.8. The van der Waals surface area contributed by atoms with Crippen LogP contribution in [0.15, 0.2) is 6.20 Å². The number of morpholine rings is 1. The fraction of sp³-hybridized carbons (Fsp3) is 0.727. The molecule has 1 aromatic rings. The number of carbonyl (C=O) groups excluding carboxylic acids is 1. The third-order valence-electron chi connectivity index (χ3n) is 3.17. The van der Waals surface area contributed by atoms with Crippen LogP contribution in [0, 0.1) is 0 Å². The highest BCUT2D eigenvalue weighted by Crippen LogP contribution is 2.08. The molecule has 0 aliphatic carbocycles. The van der Waals surface area contributed by atoms with Crippen molar-refractivity contribution < 1.29 is 17.9 Å². The van der Waals surface area contributed by atoms with E-state index in [2.05, 4.69) is 20.9 Å². The lowest BCUT2D eigenvalue weighted by Crippen LogP contribution is -2.49. The van der Waals surface area contributed by atoms with Crippen molar-refractivity contribution in [3.05, 3.63) is 6.20 Å². The Morgan fingerprint density at radius 1 is 1.55 bits per heavy atom. The van der Waals surface area contributed by atoms with Gasteiger partial charge in [0.25, 0.3) is 0 Å². The molecular formula is C11H20N6O4S. The molecule has 2 heterocycles. The lowest BCUT2D eigenvalue weighted by Gasteiger charge is -2.31. The molecule has 1 saturated heterocycles. The number of anilines is 1. The van der Waals surface area contributed by atoms with E-state index in [0.717, 1.165) is 6.26 Å². The van der Waals surface area contributed by atoms with E-state index in [0.29, 0.717) is 25.5 Å². The van der Waals surface area contributed by atoms with Crippen molar-refractivity contribution in [2.45, 2.75) is 19.6 Å². The van der Waals surface area contributed by atoms with E-state index in [1.54, 1.807) is 10.9 Å². The fourth-order valence-corrected chi connectivity index (χ4v) is 2.84. The largest absolute Gasteiger partial charge is 0.374 e. The molecule has 1 aromatic heterocycles. The predicted octanol–water partition coefficient (Wildman–Crippen LogP) is -0.920. The minimum absolute atomic E-state index is 0.208. The van der Waals surface area contributed by atoms with Gasteiger partial charge in [-0.3, -0.25) is 10.00 Å². The number of rotatable bonds is 5. The SMILES string of the molecule is CCn1cc(NC(=O)NCC2CN(S(C)(=O)=O)CCO2)nn1. The fourth-order valence-electron chi connectivity index (χ4n) is 1.99. The molecule has 0 radical (unpaired) electrons. The molecule has 0 bridgehead atoms. The van der Waals surface area contributed by atoms with Crippen molar-refractivity contribution in [1.82, 2.24) is 24.6 Å². The second-order valence-corrected chi connectivity index (χ2v) is 6.89. The maximum Gasteiger partial charge on any atom is 0.320 e. The molecule has 0 aromatic carbocycles. The molecular weight excluding hydrogens is 312 g/mol. The number of hydrogen-bond donors (Lipinski definition) is 2. The summed E-state index contributed by atoms with van der Waals surface area (Å²) in [5, 5.41) is 12.8. The number of sulfonamides is 1. The predicted molar refractivity (Wildman–Crippen MR) is 78.9 cm³/mol. The van der Waals surface area contributed by atoms with Gasteiger partial charge in [-0.15, -0.1) is 5.10 Å². The molecule has 2 amide bonds. The second kappa shape index (κ2) is 7.03. The van der Waals surface area contributed by atoms with Gasteiger partial charge in [0.15, 0.2) is 5.82 Å². The lowest BCUT2D eigenvalue weighted by molar-refractivity contribution is 0.00167. The van der Waals surface area contributed by atoms with Crippen LogP contribution in [-0.2, 0) is 21.3 Å². The molecule has 0 saturated carbocycles. The maximum absolute atomic E-state index is 11.7. The van der Waals surface area contributed by atoms with E-state index < -0.39 is 16.1 Å². The van der Waals surface area contributed by atoms with E-state index in [1.807, 2.05) is 6.92 Å². The third kappa shape index (κ3) is 4.64. The van der Waals surface area contributed by atoms with Crippen LogP contribution in [0.25, 0.3) is 0 Å². The van der Waals surface area contributed by atoms with Crippen molar-refractivity contribution in [3.8, 4) is 0 Å². The molecule has 0 spiro atoms. The van der Waals surface area contributed by atoms with E-state index >= 15 is 0 Å². The van der Waals surface area contributed by atoms with E-state index in [9.17, 15) is 13.2 Å². The van der Waals surface area contributed by atoms with Gasteiger partial charge in [-0.05, 0) is 6.92 Å². The summed E-state index contributed by atoms with van der Waals surface area (Å²) in [6, 6.07) is -0.441. The summed E-state index contributed by atoms with van der Waals surface area (Å²) in [5.41, 5.74) is 0. The van der Waals surface area contributed by atoms with Gasteiger partial charge in [-0.1, -0.05) is 5.21 Å². The Morgan fingerprint density at radius 3 is 2.95 bits per heavy atom. The standard InChI is InChI=1S/C11H20N6O4S/c1-3-16-8-10(14-15-16)13-11(18)12-6-9-7-17(4-5-21-9)22(2,19)20/h8-9H,3-7H2,1-2H3,(H2,12,13,18). The monoisotopic (exact) mass is 332 g/mol. The number of hydrogen-bond acceptors (Lipinski definition) is 6. The van der Waals surface area contributed by atoms with Crippen LogP contribution in [-0.4, -0.2) is 72.3 Å². The zero-order valence-electron chi connectivity index (χ0n) is 12.5. The Labute approximate surface area is 128 Å². The number of aryl methyl sites for hydroxylation is 1. The Balaban J connectivity index is 1.78. The molecule has 1 fully saturated rings. The summed E-state index contributed by atoms with van der Waals surface area (Å²) >= 11 is 0. The van der Waals surface area contributed by atoms with Gasteiger partial charge < -0.3 is 10.1 Å². The summed E-state index contributed by atoms with van der Waals surface area (Å²) in [7, 11) is -3.24. The minimum atomic E-state index is -3.24. The molecule has 2 N–H and O–H groups in total. The number of ether oxygens (including phenoxy) is 1. The quantitative estimate of drug-likeness (QED) is 0.720. The average molecular weight is 332 g/mol. The zero-order chi connectivity index (χ0) is 16.2. The van der Waals surface area contributed by atoms with Gasteiger partial charge in [0.05, 0.1) is 25.2 Å². The molecule has 124 valence electrons. The Bertz CT molecular complexity index is 616. The summed E-state index contributed by atoms with van der Waals surface area (Å²) in [6.45, 7) is 3.65. The van der Waals surface area contributed by atoms with Gasteiger partial charge in [0.1, 0.15) is 0 Å². The van der Waals surface area contributed by atoms with Crippen molar-refractivity contribution >= 4 is 21.9 Å². The minimum Gasteiger partial charge on any atom is -0.374 e. The highest BCUT2D eigenvalue weighted by atomic mass is 32.2. The Kier molecular flexibility index (Phi) is 5.32. The average Bonchev–Trinajstić information content (AvgIpc) is 2.92. The zero-order valence-corrected chi connectivity index (χ0v) is 13.3. The van der Waals surface area contributed by atoms with Crippen molar-refractivity contribution in [2.24, 2.45) is 0 Å². The van der Waals surface area contributed by atoms with Crippen molar-refractivity contribution in [2.75, 3.05) is 37.8 Å². The number of urea groups is 1. The molecule has 10 nitrogen and oxygen atoms in total. The number of nitrogens with one attached hydrogen (secondary N) is 2. The molecule has 1 aliphatic heterocycles. The third-order valence-corrected chi connectivity index (χ3v) is 4.43. The van der Waals surface area contributed by atoms with Crippen LogP contribution in [0.2, 0.25) is 0 Å². The summed E-state index contributed by atoms with van der Waals surface area (Å²) in [5.74, 6) is 0.349. The maximum atomic E-state index is 11.7. The first kappa shape index (κ1) is 16.6. The number of aromatic nitrogens is 3. The van der Waals surface area contributed by atoms with Crippen LogP contribution in [0.4, 0.5) is 10.6 Å². The first-order valence-electron chi connectivity index (χ1n) is 6.90. The highest BCUT2D eigenvalue weighted by molar-refractivity contribution is 7.88. The summed E-state index contributed by atoms with van der Waals surface area (Å²) < 4.78 is 31.4. The van der Waals surface area contributed by atoms with Crippen LogP contribution in [0.5, 0.6) is 0 Å². The summed E-state index contributed by atoms with van der Waals surface area (Å²) in [6.07, 6.45) is 2.40. The number of nitrogens with zero attached hydrogens (tertiary/aromatic N) is 4. The number of amides is 2. The smallest absolute Gasteiger partial charge is 0.320 e. The molecule has 1 atom stereocenters. The topological polar surface area (TPSA) is 118 Å². The molecule has 1 aliphatic rings. The van der Waals surface area contributed by atoms with Gasteiger partial charge in [0, 0.05) is 26.2 Å². The van der Waals surface area contributed by atoms with E-state index in [4.69, 9.17) is 4.74 Å². The van der Waals surface area contributed by atoms with Gasteiger partial charge in [-0.2, -0.15) is 4.31 Å². The van der Waals surface area contributed by atoms with Crippen LogP contribution in [0.1, 0.15) is 6.92 Å². The second-order valence-electron chi connectivity index (χ2n) is 4.91. The Morgan fingerprint density at radius 2 is 2.32 bits per heavy atom. The van der Waals surface area contributed by atoms with Crippen molar-refractivity contribution in [1.29, 1.82) is 0 Å². The molecule has 2 rings (SSSR count). The first-order chi connectivity index (χ1) is 10.4. The van der Waals surface area contributed by atoms with Crippen LogP contribution < -0.4 is 10.6 Å². The molecule has 1 unspecified atom stereocenters. The molecule has 11 heteroatoms. The van der Waals surface area contributed by atoms with E-state index in [1.165, 1.54) is 4.31 Å². The van der Waals surface area contributed by atoms with Crippen LogP contribution in [0.3, 0.4) is 0 Å². The van der Waals surface area contributed by atoms with Gasteiger partial charge in [0.2, 0.25) is 10.0 Å². The Hall–Kier alpha value is -1.72. The lowest BCUT2D eigenvalue weighted by atomic mass is 10.3. The molecule has 22 heavy (non-hydrogen) atoms. The van der Waals surface area contributed by atoms with Gasteiger partial charge >= 0.3 is 6.03 Å². The highest BCUT2D eigenvalue weighted by Gasteiger charge is 2.26.